The van der Waals surface area contributed by atoms with Crippen molar-refractivity contribution in [3.63, 3.8) is 0 Å². The lowest BCUT2D eigenvalue weighted by molar-refractivity contribution is -0.163. The number of nitrogens with zero attached hydrogens (tertiary/aromatic N) is 8. The van der Waals surface area contributed by atoms with Crippen molar-refractivity contribution in [1.82, 2.24) is 35.3 Å². The molecule has 0 unspecified atom stereocenters. The fourth-order valence-corrected chi connectivity index (χ4v) is 10.7. The molecule has 0 radical (unpaired) electrons. The number of nitriles is 1. The average molecular weight is 827 g/mol. The largest absolute Gasteiger partial charge is 0.488 e. The number of carbonyl (C=O) groups is 3. The molecule has 1 aliphatic carbocycles. The second kappa shape index (κ2) is 15.7. The molecule has 5 aromatic rings. The number of nitrogens with one attached hydrogen (secondary N) is 2. The van der Waals surface area contributed by atoms with E-state index >= 15 is 4.39 Å². The van der Waals surface area contributed by atoms with E-state index < -0.39 is 22.7 Å². The average Bonchev–Trinajstić information content (AvgIpc) is 3.70. The Morgan fingerprint density at radius 2 is 1.70 bits per heavy atom. The minimum atomic E-state index is -0.448. The topological polar surface area (TPSA) is 162 Å². The molecule has 0 spiro atoms. The number of hydrogen-bond donors (Lipinski definition) is 2. The number of pyridine rings is 2. The van der Waals surface area contributed by atoms with E-state index in [0.29, 0.717) is 40.7 Å². The highest BCUT2D eigenvalue weighted by Gasteiger charge is 2.64. The minimum Gasteiger partial charge on any atom is -0.488 e. The van der Waals surface area contributed by atoms with Crippen LogP contribution in [0.2, 0.25) is 0 Å². The number of ether oxygens (including phenoxy) is 1. The third kappa shape index (κ3) is 7.30. The normalized spacial score (nSPS) is 22.2. The van der Waals surface area contributed by atoms with Crippen LogP contribution in [0.4, 0.5) is 20.6 Å². The van der Waals surface area contributed by atoms with Crippen molar-refractivity contribution in [1.29, 1.82) is 5.26 Å². The highest BCUT2D eigenvalue weighted by molar-refractivity contribution is 6.09. The smallest absolute Gasteiger partial charge is 0.328 e. The number of aromatic nitrogens is 4. The fourth-order valence-electron chi connectivity index (χ4n) is 10.7. The molecule has 3 saturated heterocycles. The monoisotopic (exact) mass is 826 g/mol. The Kier molecular flexibility index (Phi) is 10.4. The van der Waals surface area contributed by atoms with E-state index in [2.05, 4.69) is 64.2 Å². The minimum absolute atomic E-state index is 0.194. The van der Waals surface area contributed by atoms with E-state index in [1.807, 2.05) is 22.9 Å². The zero-order valence-electron chi connectivity index (χ0n) is 35.0. The number of carbonyl (C=O) groups excluding carboxylic acids is 3. The summed E-state index contributed by atoms with van der Waals surface area (Å²) in [6.07, 6.45) is 8.91. The Morgan fingerprint density at radius 1 is 0.934 bits per heavy atom. The third-order valence-electron chi connectivity index (χ3n) is 13.6. The molecule has 9 rings (SSSR count). The Morgan fingerprint density at radius 3 is 2.43 bits per heavy atom. The number of hydrogen-bond acceptors (Lipinski definition) is 10. The molecule has 4 aliphatic rings. The van der Waals surface area contributed by atoms with Gasteiger partial charge in [0.25, 0.3) is 5.91 Å². The first kappa shape index (κ1) is 40.3. The van der Waals surface area contributed by atoms with Crippen LogP contribution in [0.25, 0.3) is 21.9 Å². The lowest BCUT2D eigenvalue weighted by Crippen LogP contribution is -2.74. The molecular weight excluding hydrogens is 776 g/mol. The van der Waals surface area contributed by atoms with Crippen LogP contribution in [0.5, 0.6) is 5.75 Å². The molecule has 316 valence electrons. The van der Waals surface area contributed by atoms with E-state index in [-0.39, 0.29) is 42.0 Å². The highest BCUT2D eigenvalue weighted by Crippen LogP contribution is 2.56. The number of fused-ring (bicyclic) bond motifs is 2. The zero-order valence-corrected chi connectivity index (χ0v) is 35.0. The summed E-state index contributed by atoms with van der Waals surface area (Å²) < 4.78 is 24.4. The molecule has 6 heterocycles. The van der Waals surface area contributed by atoms with E-state index in [0.717, 1.165) is 74.8 Å². The van der Waals surface area contributed by atoms with Gasteiger partial charge in [0.15, 0.2) is 5.65 Å². The van der Waals surface area contributed by atoms with Gasteiger partial charge in [-0.2, -0.15) is 10.4 Å². The van der Waals surface area contributed by atoms with Gasteiger partial charge in [0.2, 0.25) is 5.91 Å². The fraction of sp³-hybridized carbons (Fsp3) is 0.457. The molecule has 2 N–H and O–H groups in total. The first-order valence-corrected chi connectivity index (χ1v) is 21.3. The number of rotatable bonds is 9. The quantitative estimate of drug-likeness (QED) is 0.166. The van der Waals surface area contributed by atoms with Crippen LogP contribution in [-0.2, 0) is 4.79 Å². The second-order valence-electron chi connectivity index (χ2n) is 18.2. The van der Waals surface area contributed by atoms with E-state index in [1.165, 1.54) is 6.07 Å². The molecule has 4 fully saturated rings. The van der Waals surface area contributed by atoms with Crippen LogP contribution in [0, 0.1) is 33.9 Å². The van der Waals surface area contributed by atoms with Gasteiger partial charge < -0.3 is 19.9 Å². The Balaban J connectivity index is 0.765. The SMILES string of the molecule is CC1(C)C(NC(=O)c2ccc(N3CCC(CN4CCC(n5ncc6c(N7CCC(=O)NC7=O)ccnc65)CC4)CC3)c(F)c2)C(C)(C)C1Oc1ccc(C#N)c2ncccc12. The van der Waals surface area contributed by atoms with Crippen molar-refractivity contribution in [3.8, 4) is 11.8 Å². The molecule has 15 heteroatoms. The maximum Gasteiger partial charge on any atom is 0.328 e. The molecule has 1 saturated carbocycles. The maximum atomic E-state index is 15.8. The van der Waals surface area contributed by atoms with Gasteiger partial charge in [-0.3, -0.25) is 24.8 Å². The van der Waals surface area contributed by atoms with Gasteiger partial charge >= 0.3 is 6.03 Å². The standard InChI is InChI=1S/C46H51FN10O4/c1-45(2)42(46(3,4)43(45)61-37-10-8-30(25-48)39-32(37)6-5-17-49-39)53-41(59)29-7-9-36(34(47)24-29)55-21-12-28(13-22-55)27-54-19-14-31(15-20-54)57-40-33(26-51-57)35(11-18-50-40)56-23-16-38(58)52-44(56)60/h5-11,17-18,24,26,28,31,42-43H,12-16,19-23,27H2,1-4H3,(H,53,59)(H,52,58,60). The summed E-state index contributed by atoms with van der Waals surface area (Å²) in [4.78, 5) is 53.1. The first-order valence-electron chi connectivity index (χ1n) is 21.3. The number of urea groups is 1. The van der Waals surface area contributed by atoms with E-state index in [4.69, 9.17) is 9.84 Å². The summed E-state index contributed by atoms with van der Waals surface area (Å²) >= 11 is 0. The van der Waals surface area contributed by atoms with Crippen molar-refractivity contribution in [2.75, 3.05) is 49.1 Å². The van der Waals surface area contributed by atoms with Crippen molar-refractivity contribution in [2.24, 2.45) is 16.7 Å². The van der Waals surface area contributed by atoms with Gasteiger partial charge in [0.05, 0.1) is 40.1 Å². The maximum absolute atomic E-state index is 15.8. The second-order valence-corrected chi connectivity index (χ2v) is 18.2. The molecule has 0 atom stereocenters. The van der Waals surface area contributed by atoms with E-state index in [9.17, 15) is 19.6 Å². The van der Waals surface area contributed by atoms with Gasteiger partial charge in [-0.1, -0.05) is 27.7 Å². The van der Waals surface area contributed by atoms with Crippen molar-refractivity contribution in [3.05, 3.63) is 84.1 Å². The lowest BCUT2D eigenvalue weighted by Gasteiger charge is -2.63. The van der Waals surface area contributed by atoms with Crippen LogP contribution in [0.3, 0.4) is 0 Å². The summed E-state index contributed by atoms with van der Waals surface area (Å²) in [5, 5.41) is 21.4. The Hall–Kier alpha value is -6.14. The molecule has 3 aromatic heterocycles. The van der Waals surface area contributed by atoms with Crippen LogP contribution in [-0.4, -0.2) is 93.9 Å². The number of anilines is 2. The zero-order chi connectivity index (χ0) is 42.6. The van der Waals surface area contributed by atoms with Gasteiger partial charge in [-0.15, -0.1) is 0 Å². The van der Waals surface area contributed by atoms with Crippen LogP contribution < -0.4 is 25.2 Å². The van der Waals surface area contributed by atoms with Crippen LogP contribution in [0.15, 0.2) is 67.1 Å². The Bertz CT molecular complexity index is 2550. The van der Waals surface area contributed by atoms with Gasteiger partial charge in [0, 0.05) is 85.9 Å². The summed E-state index contributed by atoms with van der Waals surface area (Å²) in [6.45, 7) is 13.0. The first-order chi connectivity index (χ1) is 29.3. The van der Waals surface area contributed by atoms with Crippen molar-refractivity contribution < 1.29 is 23.5 Å². The van der Waals surface area contributed by atoms with Gasteiger partial charge in [-0.05, 0) is 80.1 Å². The Labute approximate surface area is 354 Å². The highest BCUT2D eigenvalue weighted by atomic mass is 19.1. The predicted octanol–water partition coefficient (Wildman–Crippen LogP) is 6.60. The molecule has 4 amide bonds. The molecular formula is C46H51FN10O4. The number of imide groups is 1. The molecule has 2 aromatic carbocycles. The number of likely N-dealkylation sites (tertiary alicyclic amines) is 1. The van der Waals surface area contributed by atoms with Crippen LogP contribution in [0.1, 0.15) is 81.8 Å². The van der Waals surface area contributed by atoms with Crippen molar-refractivity contribution >= 4 is 51.2 Å². The number of halogens is 1. The number of amides is 4. The summed E-state index contributed by atoms with van der Waals surface area (Å²) in [5.74, 6) is 0.161. The summed E-state index contributed by atoms with van der Waals surface area (Å²) in [7, 11) is 0. The van der Waals surface area contributed by atoms with Gasteiger partial charge in [0.1, 0.15) is 23.7 Å². The van der Waals surface area contributed by atoms with Crippen molar-refractivity contribution in [2.45, 2.75) is 78.0 Å². The molecule has 0 bridgehead atoms. The predicted molar refractivity (Wildman–Crippen MR) is 229 cm³/mol. The summed E-state index contributed by atoms with van der Waals surface area (Å²) in [6, 6.07) is 15.6. The van der Waals surface area contributed by atoms with Crippen LogP contribution >= 0.6 is 0 Å². The third-order valence-corrected chi connectivity index (χ3v) is 13.6. The molecule has 61 heavy (non-hydrogen) atoms. The van der Waals surface area contributed by atoms with Gasteiger partial charge in [-0.25, -0.2) is 18.9 Å². The lowest BCUT2D eigenvalue weighted by atomic mass is 9.49. The number of benzene rings is 2. The molecule has 14 nitrogen and oxygen atoms in total. The number of piperidine rings is 2. The summed E-state index contributed by atoms with van der Waals surface area (Å²) in [5.41, 5.74) is 2.44. The van der Waals surface area contributed by atoms with E-state index in [1.54, 1.807) is 47.8 Å². The molecule has 3 aliphatic heterocycles.